The summed E-state index contributed by atoms with van der Waals surface area (Å²) in [5, 5.41) is 0. The van der Waals surface area contributed by atoms with E-state index in [9.17, 15) is 0 Å². The van der Waals surface area contributed by atoms with Gasteiger partial charge in [0.15, 0.2) is 0 Å². The first-order valence-corrected chi connectivity index (χ1v) is 4.23. The predicted molar refractivity (Wildman–Crippen MR) is 35.7 cm³/mol. The Morgan fingerprint density at radius 3 is 2.45 bits per heavy atom. The molecule has 0 heterocycles. The Bertz CT molecular complexity index is 161. The van der Waals surface area contributed by atoms with E-state index in [4.69, 9.17) is 0 Å². The van der Waals surface area contributed by atoms with E-state index in [2.05, 4.69) is 39.5 Å². The van der Waals surface area contributed by atoms with Crippen molar-refractivity contribution in [2.24, 2.45) is 0 Å². The zero-order chi connectivity index (χ0) is 6.69. The van der Waals surface area contributed by atoms with Crippen LogP contribution in [0.15, 0.2) is 21.6 Å². The summed E-state index contributed by atoms with van der Waals surface area (Å²) in [6.45, 7) is 2.23. The molecule has 0 aliphatic heterocycles. The fourth-order valence-electron chi connectivity index (χ4n) is 1.05. The van der Waals surface area contributed by atoms with Gasteiger partial charge < -0.3 is 48.0 Å². The van der Waals surface area contributed by atoms with Crippen molar-refractivity contribution in [1.29, 1.82) is 0 Å². The standard InChI is InChI=1S/C8H11.2HI.Ti/c1-2-5-8-6-3-4-7-8;;;/h3,6H,2,4-5H2,1H3;2*1H;/q;;;+2/p-2. The molecule has 0 aromatic rings. The summed E-state index contributed by atoms with van der Waals surface area (Å²) in [5.41, 5.74) is 1.57. The average molecular weight is 409 g/mol. The Balaban J connectivity index is 0. The van der Waals surface area contributed by atoms with Gasteiger partial charge in [-0.25, -0.2) is 0 Å². The van der Waals surface area contributed by atoms with E-state index in [-0.39, 0.29) is 48.0 Å². The molecule has 0 saturated carbocycles. The molecular weight excluding hydrogens is 398 g/mol. The van der Waals surface area contributed by atoms with Gasteiger partial charge in [-0.1, -0.05) is 0 Å². The van der Waals surface area contributed by atoms with E-state index in [1.165, 1.54) is 19.3 Å². The summed E-state index contributed by atoms with van der Waals surface area (Å²) in [7, 11) is 0. The van der Waals surface area contributed by atoms with E-state index in [1.54, 1.807) is 9.45 Å². The normalized spacial score (nSPS) is 14.5. The first-order chi connectivity index (χ1) is 4.34. The van der Waals surface area contributed by atoms with Gasteiger partial charge in [-0.3, -0.25) is 0 Å². The van der Waals surface area contributed by atoms with Gasteiger partial charge in [-0.05, 0) is 0 Å². The van der Waals surface area contributed by atoms with Gasteiger partial charge in [0.25, 0.3) is 0 Å². The second-order valence-corrected chi connectivity index (χ2v) is 3.30. The Hall–Kier alpha value is 1.65. The van der Waals surface area contributed by atoms with Gasteiger partial charge in [0.2, 0.25) is 0 Å². The van der Waals surface area contributed by atoms with E-state index in [1.807, 2.05) is 0 Å². The topological polar surface area (TPSA) is 0 Å². The maximum atomic E-state index is 2.26. The minimum Gasteiger partial charge on any atom is -1.00 e. The molecule has 0 aromatic heterocycles. The zero-order valence-electron chi connectivity index (χ0n) is 6.53. The molecule has 0 fully saturated rings. The molecule has 1 rings (SSSR count). The van der Waals surface area contributed by atoms with Gasteiger partial charge in [-0.15, -0.1) is 0 Å². The number of hydrogen-bond donors (Lipinski definition) is 0. The molecule has 0 atom stereocenters. The third-order valence-corrected chi connectivity index (χ3v) is 2.37. The molecule has 3 heteroatoms. The van der Waals surface area contributed by atoms with E-state index >= 15 is 0 Å². The molecule has 0 nitrogen and oxygen atoms in total. The van der Waals surface area contributed by atoms with E-state index in [0.29, 0.717) is 0 Å². The second kappa shape index (κ2) is 8.26. The summed E-state index contributed by atoms with van der Waals surface area (Å²) in [6.07, 6.45) is 8.24. The molecule has 0 spiro atoms. The summed E-state index contributed by atoms with van der Waals surface area (Å²) in [5.74, 6) is 0. The summed E-state index contributed by atoms with van der Waals surface area (Å²) in [6, 6.07) is 0. The van der Waals surface area contributed by atoms with Crippen LogP contribution in [-0.2, 0) is 20.4 Å². The van der Waals surface area contributed by atoms with Gasteiger partial charge in [0.1, 0.15) is 0 Å². The molecule has 0 bridgehead atoms. The summed E-state index contributed by atoms with van der Waals surface area (Å²) < 4.78 is 1.57. The molecule has 0 aromatic carbocycles. The van der Waals surface area contributed by atoms with Crippen LogP contribution in [0.5, 0.6) is 0 Å². The monoisotopic (exact) mass is 409 g/mol. The number of allylic oxidation sites excluding steroid dienone is 4. The predicted octanol–water partition coefficient (Wildman–Crippen LogP) is -3.44. The third kappa shape index (κ3) is 5.06. The van der Waals surface area contributed by atoms with Crippen LogP contribution < -0.4 is 48.0 Å². The molecule has 1 aliphatic carbocycles. The maximum absolute atomic E-state index is 2.26. The van der Waals surface area contributed by atoms with Crippen molar-refractivity contribution in [2.75, 3.05) is 0 Å². The quantitative estimate of drug-likeness (QED) is 0.329. The minimum atomic E-state index is 0. The molecule has 61 valence electrons. The molecular formula is C8H11I2Ti. The number of hydrogen-bond acceptors (Lipinski definition) is 0. The summed E-state index contributed by atoms with van der Waals surface area (Å²) in [4.78, 5) is 0. The summed E-state index contributed by atoms with van der Waals surface area (Å²) >= 11 is 2.23. The first kappa shape index (κ1) is 15.1. The Labute approximate surface area is 115 Å². The van der Waals surface area contributed by atoms with Crippen molar-refractivity contribution in [1.82, 2.24) is 0 Å². The van der Waals surface area contributed by atoms with Crippen LogP contribution in [-0.4, -0.2) is 0 Å². The van der Waals surface area contributed by atoms with Crippen molar-refractivity contribution in [3.8, 4) is 0 Å². The molecule has 1 aliphatic rings. The van der Waals surface area contributed by atoms with Crippen molar-refractivity contribution in [2.45, 2.75) is 26.2 Å². The maximum Gasteiger partial charge on any atom is -1.00 e. The minimum absolute atomic E-state index is 0. The van der Waals surface area contributed by atoms with Crippen LogP contribution in [0.1, 0.15) is 26.2 Å². The Morgan fingerprint density at radius 2 is 2.09 bits per heavy atom. The van der Waals surface area contributed by atoms with Gasteiger partial charge in [0, 0.05) is 0 Å². The van der Waals surface area contributed by atoms with E-state index < -0.39 is 0 Å². The van der Waals surface area contributed by atoms with Crippen LogP contribution in [0.25, 0.3) is 0 Å². The van der Waals surface area contributed by atoms with Crippen LogP contribution >= 0.6 is 0 Å². The molecule has 11 heavy (non-hydrogen) atoms. The average Bonchev–Trinajstić information content (AvgIpc) is 2.18. The molecule has 0 N–H and O–H groups in total. The van der Waals surface area contributed by atoms with Crippen LogP contribution in [0.4, 0.5) is 0 Å². The third-order valence-electron chi connectivity index (χ3n) is 1.55. The zero-order valence-corrected chi connectivity index (χ0v) is 12.4. The van der Waals surface area contributed by atoms with Crippen LogP contribution in [0, 0.1) is 0 Å². The molecule has 0 radical (unpaired) electrons. The van der Waals surface area contributed by atoms with Gasteiger partial charge in [0.05, 0.1) is 0 Å². The van der Waals surface area contributed by atoms with Crippen molar-refractivity contribution in [3.63, 3.8) is 0 Å². The molecule has 0 amide bonds. The molecule has 0 saturated heterocycles. The largest absolute Gasteiger partial charge is 1.00 e. The smallest absolute Gasteiger partial charge is 1.00 e. The first-order valence-electron chi connectivity index (χ1n) is 3.44. The molecule has 0 unspecified atom stereocenters. The number of halogens is 2. The van der Waals surface area contributed by atoms with Gasteiger partial charge in [-0.2, -0.15) is 0 Å². The van der Waals surface area contributed by atoms with E-state index in [0.717, 1.165) is 0 Å². The fourth-order valence-corrected chi connectivity index (χ4v) is 1.56. The van der Waals surface area contributed by atoms with Crippen LogP contribution in [0.3, 0.4) is 0 Å². The Morgan fingerprint density at radius 1 is 1.45 bits per heavy atom. The number of rotatable bonds is 2. The van der Waals surface area contributed by atoms with Crippen LogP contribution in [0.2, 0.25) is 0 Å². The Kier molecular flexibility index (Phi) is 11.4. The van der Waals surface area contributed by atoms with Crippen molar-refractivity contribution < 1.29 is 68.4 Å². The van der Waals surface area contributed by atoms with Gasteiger partial charge >= 0.3 is 68.2 Å². The van der Waals surface area contributed by atoms with Crippen molar-refractivity contribution in [3.05, 3.63) is 21.6 Å². The second-order valence-electron chi connectivity index (χ2n) is 2.36. The van der Waals surface area contributed by atoms with Crippen molar-refractivity contribution >= 4 is 0 Å². The SMILES string of the molecule is CCCC1=[C]([Ti+2])CC=C1.[I-].[I-]. The fraction of sp³-hybridized carbons (Fsp3) is 0.500.